The molecule has 25 heavy (non-hydrogen) atoms. The summed E-state index contributed by atoms with van der Waals surface area (Å²) in [4.78, 5) is 23.8. The van der Waals surface area contributed by atoms with Gasteiger partial charge in [0.1, 0.15) is 0 Å². The molecule has 0 saturated heterocycles. The van der Waals surface area contributed by atoms with Gasteiger partial charge in [0.15, 0.2) is 6.61 Å². The Hall–Kier alpha value is -2.63. The second kappa shape index (κ2) is 7.96. The van der Waals surface area contributed by atoms with Crippen molar-refractivity contribution in [2.45, 2.75) is 40.7 Å². The second-order valence-electron chi connectivity index (χ2n) is 6.56. The molecule has 2 aromatic rings. The van der Waals surface area contributed by atoms with Crippen molar-refractivity contribution < 1.29 is 14.3 Å². The van der Waals surface area contributed by atoms with E-state index in [1.54, 1.807) is 24.3 Å². The minimum Gasteiger partial charge on any atom is -0.452 e. The first-order chi connectivity index (χ1) is 11.8. The van der Waals surface area contributed by atoms with Crippen LogP contribution in [-0.4, -0.2) is 34.3 Å². The number of ether oxygens (including phenoxy) is 1. The summed E-state index contributed by atoms with van der Waals surface area (Å²) in [6.45, 7) is 9.57. The molecular formula is C19H25N3O3. The monoisotopic (exact) mass is 343 g/mol. The van der Waals surface area contributed by atoms with Crippen molar-refractivity contribution in [2.24, 2.45) is 5.92 Å². The van der Waals surface area contributed by atoms with Crippen LogP contribution in [0.3, 0.4) is 0 Å². The molecule has 1 aromatic carbocycles. The molecule has 6 heteroatoms. The van der Waals surface area contributed by atoms with Gasteiger partial charge >= 0.3 is 5.97 Å². The zero-order valence-corrected chi connectivity index (χ0v) is 15.4. The molecule has 0 aliphatic heterocycles. The maximum atomic E-state index is 12.1. The van der Waals surface area contributed by atoms with E-state index < -0.39 is 5.97 Å². The number of aryl methyl sites for hydroxylation is 2. The van der Waals surface area contributed by atoms with Crippen LogP contribution in [0.5, 0.6) is 0 Å². The molecule has 0 aliphatic carbocycles. The fraction of sp³-hybridized carbons (Fsp3) is 0.421. The van der Waals surface area contributed by atoms with Gasteiger partial charge in [0.05, 0.1) is 16.9 Å². The van der Waals surface area contributed by atoms with E-state index in [4.69, 9.17) is 4.74 Å². The Kier molecular flexibility index (Phi) is 5.96. The van der Waals surface area contributed by atoms with Crippen molar-refractivity contribution >= 4 is 11.9 Å². The van der Waals surface area contributed by atoms with Crippen LogP contribution in [0.1, 0.15) is 42.5 Å². The molecule has 1 atom stereocenters. The van der Waals surface area contributed by atoms with E-state index in [1.165, 1.54) is 0 Å². The van der Waals surface area contributed by atoms with Gasteiger partial charge < -0.3 is 10.1 Å². The van der Waals surface area contributed by atoms with Gasteiger partial charge in [-0.2, -0.15) is 5.10 Å². The summed E-state index contributed by atoms with van der Waals surface area (Å²) >= 11 is 0. The van der Waals surface area contributed by atoms with Gasteiger partial charge in [-0.15, -0.1) is 0 Å². The Bertz CT molecular complexity index is 748. The van der Waals surface area contributed by atoms with Crippen LogP contribution in [0.2, 0.25) is 0 Å². The molecule has 1 amide bonds. The second-order valence-corrected chi connectivity index (χ2v) is 6.56. The lowest BCUT2D eigenvalue weighted by Crippen LogP contribution is -2.38. The predicted octanol–water partition coefficient (Wildman–Crippen LogP) is 2.81. The molecule has 0 fully saturated rings. The molecule has 0 spiro atoms. The molecule has 1 heterocycles. The van der Waals surface area contributed by atoms with Crippen molar-refractivity contribution in [2.75, 3.05) is 6.61 Å². The third-order valence-electron chi connectivity index (χ3n) is 4.08. The number of carbonyl (C=O) groups is 2. The Morgan fingerprint density at radius 2 is 1.80 bits per heavy atom. The zero-order valence-electron chi connectivity index (χ0n) is 15.4. The number of nitrogens with zero attached hydrogens (tertiary/aromatic N) is 2. The topological polar surface area (TPSA) is 73.2 Å². The summed E-state index contributed by atoms with van der Waals surface area (Å²) in [5, 5.41) is 7.20. The van der Waals surface area contributed by atoms with Gasteiger partial charge in [0, 0.05) is 11.7 Å². The Morgan fingerprint density at radius 3 is 2.32 bits per heavy atom. The number of hydrogen-bond acceptors (Lipinski definition) is 4. The highest BCUT2D eigenvalue weighted by atomic mass is 16.5. The number of rotatable bonds is 6. The van der Waals surface area contributed by atoms with Crippen LogP contribution in [0.15, 0.2) is 30.3 Å². The molecule has 0 aliphatic rings. The van der Waals surface area contributed by atoms with Crippen LogP contribution >= 0.6 is 0 Å². The number of esters is 1. The number of amides is 1. The van der Waals surface area contributed by atoms with Crippen LogP contribution < -0.4 is 5.32 Å². The summed E-state index contributed by atoms with van der Waals surface area (Å²) in [5.74, 6) is -0.498. The lowest BCUT2D eigenvalue weighted by Gasteiger charge is -2.17. The molecule has 2 rings (SSSR count). The van der Waals surface area contributed by atoms with E-state index in [1.807, 2.05) is 45.4 Å². The minimum absolute atomic E-state index is 0.0336. The average molecular weight is 343 g/mol. The summed E-state index contributed by atoms with van der Waals surface area (Å²) in [6.07, 6.45) is 0. The van der Waals surface area contributed by atoms with Gasteiger partial charge in [-0.3, -0.25) is 4.79 Å². The number of hydrogen-bond donors (Lipinski definition) is 1. The molecule has 134 valence electrons. The maximum absolute atomic E-state index is 12.1. The number of nitrogens with one attached hydrogen (secondary N) is 1. The maximum Gasteiger partial charge on any atom is 0.338 e. The van der Waals surface area contributed by atoms with Crippen molar-refractivity contribution in [3.8, 4) is 5.69 Å². The highest BCUT2D eigenvalue weighted by Crippen LogP contribution is 2.13. The van der Waals surface area contributed by atoms with Gasteiger partial charge in [-0.05, 0) is 57.0 Å². The Morgan fingerprint density at radius 1 is 1.16 bits per heavy atom. The van der Waals surface area contributed by atoms with E-state index in [0.29, 0.717) is 11.5 Å². The van der Waals surface area contributed by atoms with Crippen LogP contribution in [-0.2, 0) is 9.53 Å². The quantitative estimate of drug-likeness (QED) is 0.819. The molecule has 0 radical (unpaired) electrons. The Balaban J connectivity index is 1.94. The SMILES string of the molecule is Cc1cc(C)n(-c2ccc(C(=O)OCC(=O)NC(C)C(C)C)cc2)n1. The molecule has 1 N–H and O–H groups in total. The first-order valence-electron chi connectivity index (χ1n) is 8.38. The first-order valence-corrected chi connectivity index (χ1v) is 8.38. The molecule has 1 unspecified atom stereocenters. The van der Waals surface area contributed by atoms with Crippen LogP contribution in [0, 0.1) is 19.8 Å². The number of benzene rings is 1. The van der Waals surface area contributed by atoms with Gasteiger partial charge in [0.25, 0.3) is 5.91 Å². The van der Waals surface area contributed by atoms with E-state index in [2.05, 4.69) is 10.4 Å². The lowest BCUT2D eigenvalue weighted by molar-refractivity contribution is -0.125. The standard InChI is InChI=1S/C19H25N3O3/c1-12(2)15(5)20-18(23)11-25-19(24)16-6-8-17(9-7-16)22-14(4)10-13(3)21-22/h6-10,12,15H,11H2,1-5H3,(H,20,23). The molecule has 0 bridgehead atoms. The summed E-state index contributed by atoms with van der Waals surface area (Å²) in [5.41, 5.74) is 3.21. The normalized spacial score (nSPS) is 12.1. The van der Waals surface area contributed by atoms with Crippen LogP contribution in [0.4, 0.5) is 0 Å². The van der Waals surface area contributed by atoms with Gasteiger partial charge in [0.2, 0.25) is 0 Å². The van der Waals surface area contributed by atoms with E-state index in [0.717, 1.165) is 17.1 Å². The summed E-state index contributed by atoms with van der Waals surface area (Å²) in [6, 6.07) is 8.96. The third-order valence-corrected chi connectivity index (χ3v) is 4.08. The smallest absolute Gasteiger partial charge is 0.338 e. The lowest BCUT2D eigenvalue weighted by atomic mass is 10.1. The predicted molar refractivity (Wildman–Crippen MR) is 95.8 cm³/mol. The molecule has 0 saturated carbocycles. The summed E-state index contributed by atoms with van der Waals surface area (Å²) < 4.78 is 6.88. The third kappa shape index (κ3) is 4.92. The van der Waals surface area contributed by atoms with Gasteiger partial charge in [-0.25, -0.2) is 9.48 Å². The van der Waals surface area contributed by atoms with Gasteiger partial charge in [-0.1, -0.05) is 13.8 Å². The molecule has 6 nitrogen and oxygen atoms in total. The highest BCUT2D eigenvalue weighted by Gasteiger charge is 2.14. The fourth-order valence-corrected chi connectivity index (χ4v) is 2.31. The number of aromatic nitrogens is 2. The first kappa shape index (κ1) is 18.7. The minimum atomic E-state index is -0.521. The van der Waals surface area contributed by atoms with Crippen molar-refractivity contribution in [3.05, 3.63) is 47.3 Å². The highest BCUT2D eigenvalue weighted by molar-refractivity contribution is 5.91. The fourth-order valence-electron chi connectivity index (χ4n) is 2.31. The van der Waals surface area contributed by atoms with Crippen LogP contribution in [0.25, 0.3) is 5.69 Å². The summed E-state index contributed by atoms with van der Waals surface area (Å²) in [7, 11) is 0. The molecule has 1 aromatic heterocycles. The average Bonchev–Trinajstić information content (AvgIpc) is 2.91. The van der Waals surface area contributed by atoms with Crippen molar-refractivity contribution in [1.82, 2.24) is 15.1 Å². The largest absolute Gasteiger partial charge is 0.452 e. The van der Waals surface area contributed by atoms with E-state index in [9.17, 15) is 9.59 Å². The Labute approximate surface area is 148 Å². The zero-order chi connectivity index (χ0) is 18.6. The molecular weight excluding hydrogens is 318 g/mol. The van der Waals surface area contributed by atoms with E-state index in [-0.39, 0.29) is 18.6 Å². The van der Waals surface area contributed by atoms with Crippen molar-refractivity contribution in [1.29, 1.82) is 0 Å². The van der Waals surface area contributed by atoms with Crippen molar-refractivity contribution in [3.63, 3.8) is 0 Å². The van der Waals surface area contributed by atoms with E-state index >= 15 is 0 Å². The number of carbonyl (C=O) groups excluding carboxylic acids is 2.